The summed E-state index contributed by atoms with van der Waals surface area (Å²) in [4.78, 5) is 13.8. The van der Waals surface area contributed by atoms with Gasteiger partial charge in [0.25, 0.3) is 5.91 Å². The topological polar surface area (TPSA) is 58.4 Å². The molecule has 0 atom stereocenters. The fourth-order valence-corrected chi connectivity index (χ4v) is 1.68. The summed E-state index contributed by atoms with van der Waals surface area (Å²) in [5.74, 6) is 0.0587. The van der Waals surface area contributed by atoms with Crippen molar-refractivity contribution in [3.63, 3.8) is 0 Å². The molecule has 1 N–H and O–H groups in total. The summed E-state index contributed by atoms with van der Waals surface area (Å²) in [6.07, 6.45) is 1.56. The number of carbonyl (C=O) groups is 1. The maximum atomic E-state index is 12.3. The first-order valence-electron chi connectivity index (χ1n) is 5.56. The van der Waals surface area contributed by atoms with Crippen molar-refractivity contribution >= 4 is 11.6 Å². The molecule has 2 aromatic rings. The number of nitrogens with zero attached hydrogens (tertiary/aromatic N) is 3. The molecule has 0 saturated carbocycles. The van der Waals surface area contributed by atoms with Crippen LogP contribution < -0.4 is 4.90 Å². The fourth-order valence-electron chi connectivity index (χ4n) is 1.68. The molecule has 0 fully saturated rings. The van der Waals surface area contributed by atoms with Gasteiger partial charge in [-0.3, -0.25) is 9.48 Å². The minimum Gasteiger partial charge on any atom is -0.508 e. The summed E-state index contributed by atoms with van der Waals surface area (Å²) in [5, 5.41) is 13.3. The van der Waals surface area contributed by atoms with Gasteiger partial charge in [-0.1, -0.05) is 0 Å². The summed E-state index contributed by atoms with van der Waals surface area (Å²) in [6, 6.07) is 6.49. The number of hydrogen-bond acceptors (Lipinski definition) is 3. The number of carbonyl (C=O) groups excluding carboxylic acids is 1. The molecule has 1 heterocycles. The third-order valence-electron chi connectivity index (χ3n) is 3.01. The predicted molar refractivity (Wildman–Crippen MR) is 68.8 cm³/mol. The summed E-state index contributed by atoms with van der Waals surface area (Å²) in [5.41, 5.74) is 2.12. The lowest BCUT2D eigenvalue weighted by molar-refractivity contribution is 0.0992. The highest BCUT2D eigenvalue weighted by Gasteiger charge is 2.18. The van der Waals surface area contributed by atoms with E-state index in [4.69, 9.17) is 0 Å². The molecule has 0 aliphatic rings. The molecule has 0 unspecified atom stereocenters. The number of phenols is 1. The summed E-state index contributed by atoms with van der Waals surface area (Å²) >= 11 is 0. The van der Waals surface area contributed by atoms with Crippen molar-refractivity contribution in [3.8, 4) is 5.75 Å². The van der Waals surface area contributed by atoms with Gasteiger partial charge in [-0.15, -0.1) is 0 Å². The van der Waals surface area contributed by atoms with Crippen LogP contribution in [0.3, 0.4) is 0 Å². The van der Waals surface area contributed by atoms with Crippen LogP contribution in [-0.2, 0) is 7.05 Å². The van der Waals surface area contributed by atoms with E-state index in [1.807, 2.05) is 6.92 Å². The van der Waals surface area contributed by atoms with Crippen molar-refractivity contribution in [2.45, 2.75) is 6.92 Å². The van der Waals surface area contributed by atoms with Crippen molar-refractivity contribution in [1.29, 1.82) is 0 Å². The van der Waals surface area contributed by atoms with Crippen molar-refractivity contribution < 1.29 is 9.90 Å². The Morgan fingerprint density at radius 1 is 1.33 bits per heavy atom. The Balaban J connectivity index is 2.29. The molecule has 0 radical (unpaired) electrons. The van der Waals surface area contributed by atoms with Gasteiger partial charge in [-0.25, -0.2) is 0 Å². The van der Waals surface area contributed by atoms with Gasteiger partial charge in [0.2, 0.25) is 0 Å². The van der Waals surface area contributed by atoms with E-state index in [2.05, 4.69) is 5.10 Å². The second kappa shape index (κ2) is 4.52. The Labute approximate surface area is 105 Å². The zero-order valence-electron chi connectivity index (χ0n) is 10.6. The highest BCUT2D eigenvalue weighted by Crippen LogP contribution is 2.19. The van der Waals surface area contributed by atoms with Crippen LogP contribution in [0, 0.1) is 6.92 Å². The Bertz CT molecular complexity index is 572. The molecule has 0 bridgehead atoms. The quantitative estimate of drug-likeness (QED) is 0.876. The van der Waals surface area contributed by atoms with Crippen LogP contribution in [0.2, 0.25) is 0 Å². The van der Waals surface area contributed by atoms with E-state index < -0.39 is 0 Å². The Kier molecular flexibility index (Phi) is 3.06. The average Bonchev–Trinajstić information content (AvgIpc) is 2.69. The first-order valence-corrected chi connectivity index (χ1v) is 5.56. The van der Waals surface area contributed by atoms with E-state index >= 15 is 0 Å². The van der Waals surface area contributed by atoms with E-state index in [0.29, 0.717) is 5.56 Å². The molecule has 0 aliphatic carbocycles. The smallest absolute Gasteiger partial charge is 0.261 e. The second-order valence-corrected chi connectivity index (χ2v) is 4.15. The number of rotatable bonds is 2. The van der Waals surface area contributed by atoms with Gasteiger partial charge in [-0.05, 0) is 31.2 Å². The van der Waals surface area contributed by atoms with Crippen LogP contribution >= 0.6 is 0 Å². The number of aromatic nitrogens is 2. The van der Waals surface area contributed by atoms with Crippen LogP contribution in [0.1, 0.15) is 16.1 Å². The number of aromatic hydroxyl groups is 1. The molecule has 0 aliphatic heterocycles. The van der Waals surface area contributed by atoms with E-state index in [1.165, 1.54) is 4.90 Å². The van der Waals surface area contributed by atoms with Gasteiger partial charge in [0.05, 0.1) is 11.8 Å². The number of aryl methyl sites for hydroxylation is 1. The Morgan fingerprint density at radius 3 is 2.44 bits per heavy atom. The van der Waals surface area contributed by atoms with Gasteiger partial charge >= 0.3 is 0 Å². The Hall–Kier alpha value is -2.30. The van der Waals surface area contributed by atoms with Gasteiger partial charge in [0.1, 0.15) is 5.75 Å². The van der Waals surface area contributed by atoms with Crippen molar-refractivity contribution in [3.05, 3.63) is 41.7 Å². The standard InChI is InChI=1S/C13H15N3O2/c1-9-12(8-14-16(9)3)13(18)15(2)10-4-6-11(17)7-5-10/h4-8,17H,1-3H3. The molecule has 1 aromatic carbocycles. The van der Waals surface area contributed by atoms with Crippen LogP contribution in [0.5, 0.6) is 5.75 Å². The number of phenolic OH excluding ortho intramolecular Hbond substituents is 1. The zero-order valence-corrected chi connectivity index (χ0v) is 10.6. The summed E-state index contributed by atoms with van der Waals surface area (Å²) in [6.45, 7) is 1.85. The molecule has 0 spiro atoms. The minimum atomic E-state index is -0.119. The molecule has 2 rings (SSSR count). The third-order valence-corrected chi connectivity index (χ3v) is 3.01. The van der Waals surface area contributed by atoms with Crippen LogP contribution in [0.4, 0.5) is 5.69 Å². The monoisotopic (exact) mass is 245 g/mol. The van der Waals surface area contributed by atoms with E-state index in [0.717, 1.165) is 11.4 Å². The molecule has 1 amide bonds. The van der Waals surface area contributed by atoms with Crippen LogP contribution in [0.25, 0.3) is 0 Å². The lowest BCUT2D eigenvalue weighted by atomic mass is 10.2. The SMILES string of the molecule is Cc1c(C(=O)N(C)c2ccc(O)cc2)cnn1C. The molecule has 18 heavy (non-hydrogen) atoms. The molecule has 5 nitrogen and oxygen atoms in total. The highest BCUT2D eigenvalue weighted by atomic mass is 16.3. The first kappa shape index (κ1) is 12.2. The van der Waals surface area contributed by atoms with Gasteiger partial charge in [-0.2, -0.15) is 5.10 Å². The molecule has 1 aromatic heterocycles. The number of benzene rings is 1. The molecular formula is C13H15N3O2. The first-order chi connectivity index (χ1) is 8.50. The largest absolute Gasteiger partial charge is 0.508 e. The molecular weight excluding hydrogens is 230 g/mol. The number of amides is 1. The zero-order chi connectivity index (χ0) is 13.3. The maximum absolute atomic E-state index is 12.3. The van der Waals surface area contributed by atoms with E-state index in [-0.39, 0.29) is 11.7 Å². The predicted octanol–water partition coefficient (Wildman–Crippen LogP) is 1.71. The number of hydrogen-bond donors (Lipinski definition) is 1. The summed E-state index contributed by atoms with van der Waals surface area (Å²) in [7, 11) is 3.49. The molecule has 0 saturated heterocycles. The van der Waals surface area contributed by atoms with Crippen LogP contribution in [-0.4, -0.2) is 27.8 Å². The minimum absolute atomic E-state index is 0.119. The van der Waals surface area contributed by atoms with E-state index in [9.17, 15) is 9.90 Å². The van der Waals surface area contributed by atoms with Crippen molar-refractivity contribution in [2.75, 3.05) is 11.9 Å². The van der Waals surface area contributed by atoms with Crippen LogP contribution in [0.15, 0.2) is 30.5 Å². The second-order valence-electron chi connectivity index (χ2n) is 4.15. The van der Waals surface area contributed by atoms with Gasteiger partial charge in [0, 0.05) is 25.5 Å². The lowest BCUT2D eigenvalue weighted by Crippen LogP contribution is -2.26. The van der Waals surface area contributed by atoms with Gasteiger partial charge in [0.15, 0.2) is 0 Å². The molecule has 5 heteroatoms. The number of anilines is 1. The molecule has 94 valence electrons. The summed E-state index contributed by atoms with van der Waals surface area (Å²) < 4.78 is 1.66. The third kappa shape index (κ3) is 2.07. The lowest BCUT2D eigenvalue weighted by Gasteiger charge is -2.17. The maximum Gasteiger partial charge on any atom is 0.261 e. The Morgan fingerprint density at radius 2 is 1.94 bits per heavy atom. The van der Waals surface area contributed by atoms with Crippen molar-refractivity contribution in [2.24, 2.45) is 7.05 Å². The normalized spacial score (nSPS) is 10.4. The average molecular weight is 245 g/mol. The highest BCUT2D eigenvalue weighted by molar-refractivity contribution is 6.06. The van der Waals surface area contributed by atoms with Crippen molar-refractivity contribution in [1.82, 2.24) is 9.78 Å². The van der Waals surface area contributed by atoms with E-state index in [1.54, 1.807) is 49.2 Å². The van der Waals surface area contributed by atoms with Gasteiger partial charge < -0.3 is 10.0 Å². The fraction of sp³-hybridized carbons (Fsp3) is 0.231.